The van der Waals surface area contributed by atoms with Crippen molar-refractivity contribution < 1.29 is 12.6 Å². The highest BCUT2D eigenvalue weighted by atomic mass is 32.2. The Bertz CT molecular complexity index is 273. The smallest absolute Gasteiger partial charge is 0.265 e. The largest absolute Gasteiger partial charge is 0.307 e. The second-order valence-electron chi connectivity index (χ2n) is 1.89. The lowest BCUT2D eigenvalue weighted by Crippen LogP contribution is -2.10. The molecule has 0 saturated heterocycles. The fourth-order valence-electron chi connectivity index (χ4n) is 0.377. The van der Waals surface area contributed by atoms with E-state index in [0.29, 0.717) is 0 Å². The minimum Gasteiger partial charge on any atom is -0.307 e. The van der Waals surface area contributed by atoms with Crippen molar-refractivity contribution in [1.82, 2.24) is 9.97 Å². The maximum absolute atomic E-state index is 9.93. The van der Waals surface area contributed by atoms with Crippen LogP contribution in [0.2, 0.25) is 0 Å². The van der Waals surface area contributed by atoms with Crippen molar-refractivity contribution >= 4 is 10.1 Å². The van der Waals surface area contributed by atoms with Crippen LogP contribution < -0.4 is 5.73 Å². The lowest BCUT2D eigenvalue weighted by atomic mass is 10.7. The molecule has 0 atom stereocenters. The summed E-state index contributed by atoms with van der Waals surface area (Å²) >= 11 is 0. The molecule has 6 nitrogen and oxygen atoms in total. The van der Waals surface area contributed by atoms with Gasteiger partial charge >= 0.3 is 0 Å². The Balaban J connectivity index is 0.000000223. The molecule has 7 heteroatoms. The van der Waals surface area contributed by atoms with Gasteiger partial charge in [0.1, 0.15) is 13.1 Å². The van der Waals surface area contributed by atoms with E-state index in [1.54, 1.807) is 18.5 Å². The predicted molar refractivity (Wildman–Crippen MR) is 47.0 cm³/mol. The highest BCUT2D eigenvalue weighted by molar-refractivity contribution is 7.85. The Morgan fingerprint density at radius 1 is 1.38 bits per heavy atom. The lowest BCUT2D eigenvalue weighted by Gasteiger charge is -1.90. The molecule has 0 aliphatic heterocycles. The summed E-state index contributed by atoms with van der Waals surface area (Å²) in [6, 6.07) is 1.78. The van der Waals surface area contributed by atoms with E-state index in [9.17, 15) is 8.42 Å². The number of nitrogens with two attached hydrogens (primary N) is 1. The standard InChI is InChI=1S/C4H4N2.C2H7NO3S/c1-2-5-4-6-3-1;1-7(4,5)6-2-3/h1-4H;2-3H2,1H3. The normalized spacial score (nSPS) is 10.0. The molecule has 1 rings (SSSR count). The Morgan fingerprint density at radius 3 is 2.00 bits per heavy atom. The van der Waals surface area contributed by atoms with Gasteiger partial charge in [-0.15, -0.1) is 0 Å². The van der Waals surface area contributed by atoms with Crippen LogP contribution in [0.5, 0.6) is 0 Å². The summed E-state index contributed by atoms with van der Waals surface area (Å²) in [7, 11) is -3.30. The van der Waals surface area contributed by atoms with Gasteiger partial charge in [0.05, 0.1) is 6.26 Å². The summed E-state index contributed by atoms with van der Waals surface area (Å²) < 4.78 is 23.8. The Kier molecular flexibility index (Phi) is 5.94. The average Bonchev–Trinajstić information content (AvgIpc) is 2.06. The van der Waals surface area contributed by atoms with E-state index in [1.807, 2.05) is 0 Å². The Hall–Kier alpha value is -1.05. The zero-order valence-electron chi connectivity index (χ0n) is 7.12. The predicted octanol–water partition coefficient (Wildman–Crippen LogP) is -0.645. The quantitative estimate of drug-likeness (QED) is 0.509. The first kappa shape index (κ1) is 11.9. The first-order valence-corrected chi connectivity index (χ1v) is 5.12. The third-order valence-electron chi connectivity index (χ3n) is 0.760. The van der Waals surface area contributed by atoms with Crippen molar-refractivity contribution in [3.63, 3.8) is 0 Å². The number of hydrogen-bond acceptors (Lipinski definition) is 6. The molecule has 0 amide bonds. The molecule has 0 radical (unpaired) electrons. The topological polar surface area (TPSA) is 95.2 Å². The summed E-state index contributed by atoms with van der Waals surface area (Å²) in [5, 5.41) is 0. The minimum atomic E-state index is -3.30. The molecule has 74 valence electrons. The van der Waals surface area contributed by atoms with Gasteiger partial charge in [0, 0.05) is 12.4 Å². The molecule has 0 bridgehead atoms. The van der Waals surface area contributed by atoms with Gasteiger partial charge < -0.3 is 5.73 Å². The van der Waals surface area contributed by atoms with Gasteiger partial charge in [-0.1, -0.05) is 0 Å². The zero-order valence-corrected chi connectivity index (χ0v) is 7.94. The van der Waals surface area contributed by atoms with E-state index in [4.69, 9.17) is 5.73 Å². The van der Waals surface area contributed by atoms with Crippen LogP contribution in [0.25, 0.3) is 0 Å². The first-order chi connectivity index (χ1) is 6.06. The van der Waals surface area contributed by atoms with Gasteiger partial charge in [-0.25, -0.2) is 9.97 Å². The summed E-state index contributed by atoms with van der Waals surface area (Å²) in [4.78, 5) is 7.35. The van der Waals surface area contributed by atoms with Gasteiger partial charge in [0.15, 0.2) is 0 Å². The van der Waals surface area contributed by atoms with Crippen molar-refractivity contribution in [2.45, 2.75) is 0 Å². The molecule has 13 heavy (non-hydrogen) atoms. The molecule has 0 aliphatic carbocycles. The summed E-state index contributed by atoms with van der Waals surface area (Å²) in [5.41, 5.74) is 4.71. The zero-order chi connectivity index (χ0) is 10.2. The van der Waals surface area contributed by atoms with Crippen LogP contribution >= 0.6 is 0 Å². The fourth-order valence-corrected chi connectivity index (χ4v) is 0.624. The van der Waals surface area contributed by atoms with Crippen molar-refractivity contribution in [2.24, 2.45) is 5.73 Å². The van der Waals surface area contributed by atoms with Crippen LogP contribution in [0.3, 0.4) is 0 Å². The maximum atomic E-state index is 9.93. The summed E-state index contributed by atoms with van der Waals surface area (Å²) in [5.74, 6) is 0. The van der Waals surface area contributed by atoms with Gasteiger partial charge in [0.25, 0.3) is 10.1 Å². The molecule has 1 aromatic heterocycles. The van der Waals surface area contributed by atoms with E-state index in [-0.39, 0.29) is 6.73 Å². The SMILES string of the molecule is CS(=O)(=O)OCN.c1cncnc1. The van der Waals surface area contributed by atoms with Crippen LogP contribution in [0, 0.1) is 0 Å². The molecule has 0 saturated carbocycles. The van der Waals surface area contributed by atoms with Gasteiger partial charge in [0.2, 0.25) is 0 Å². The summed E-state index contributed by atoms with van der Waals surface area (Å²) in [6.45, 7) is -0.279. The molecule has 1 aromatic rings. The second-order valence-corrected chi connectivity index (χ2v) is 3.54. The highest BCUT2D eigenvalue weighted by Crippen LogP contribution is 1.79. The number of rotatable bonds is 2. The molecular weight excluding hydrogens is 194 g/mol. The van der Waals surface area contributed by atoms with Crippen LogP contribution in [0.4, 0.5) is 0 Å². The average molecular weight is 205 g/mol. The summed E-state index contributed by atoms with van der Waals surface area (Å²) in [6.07, 6.45) is 5.82. The molecular formula is C6H11N3O3S. The lowest BCUT2D eigenvalue weighted by molar-refractivity contribution is 0.333. The van der Waals surface area contributed by atoms with E-state index >= 15 is 0 Å². The molecule has 0 spiro atoms. The van der Waals surface area contributed by atoms with Crippen molar-refractivity contribution in [2.75, 3.05) is 13.0 Å². The molecule has 0 fully saturated rings. The van der Waals surface area contributed by atoms with Crippen LogP contribution in [-0.4, -0.2) is 31.4 Å². The number of aromatic nitrogens is 2. The molecule has 0 aromatic carbocycles. The van der Waals surface area contributed by atoms with Gasteiger partial charge in [-0.2, -0.15) is 8.42 Å². The van der Waals surface area contributed by atoms with E-state index in [1.165, 1.54) is 6.33 Å². The first-order valence-electron chi connectivity index (χ1n) is 3.30. The van der Waals surface area contributed by atoms with Crippen LogP contribution in [-0.2, 0) is 14.3 Å². The van der Waals surface area contributed by atoms with Crippen molar-refractivity contribution in [3.8, 4) is 0 Å². The van der Waals surface area contributed by atoms with Crippen molar-refractivity contribution in [1.29, 1.82) is 0 Å². The second kappa shape index (κ2) is 6.46. The minimum absolute atomic E-state index is 0.279. The fraction of sp³-hybridized carbons (Fsp3) is 0.333. The molecule has 2 N–H and O–H groups in total. The third kappa shape index (κ3) is 10.9. The molecule has 0 unspecified atom stereocenters. The van der Waals surface area contributed by atoms with Crippen molar-refractivity contribution in [3.05, 3.63) is 24.8 Å². The van der Waals surface area contributed by atoms with Gasteiger partial charge in [-0.05, 0) is 6.07 Å². The Morgan fingerprint density at radius 2 is 1.92 bits per heavy atom. The molecule has 1 heterocycles. The third-order valence-corrected chi connectivity index (χ3v) is 1.32. The highest BCUT2D eigenvalue weighted by Gasteiger charge is 1.95. The number of hydrogen-bond donors (Lipinski definition) is 1. The van der Waals surface area contributed by atoms with Gasteiger partial charge in [-0.3, -0.25) is 4.18 Å². The number of nitrogens with zero attached hydrogens (tertiary/aromatic N) is 2. The van der Waals surface area contributed by atoms with E-state index < -0.39 is 10.1 Å². The monoisotopic (exact) mass is 205 g/mol. The van der Waals surface area contributed by atoms with E-state index in [2.05, 4.69) is 14.2 Å². The van der Waals surface area contributed by atoms with Crippen LogP contribution in [0.15, 0.2) is 24.8 Å². The van der Waals surface area contributed by atoms with Crippen LogP contribution in [0.1, 0.15) is 0 Å². The van der Waals surface area contributed by atoms with E-state index in [0.717, 1.165) is 6.26 Å². The maximum Gasteiger partial charge on any atom is 0.265 e. The molecule has 0 aliphatic rings. The Labute approximate surface area is 76.9 Å².